The Morgan fingerprint density at radius 3 is 2.87 bits per heavy atom. The van der Waals surface area contributed by atoms with Crippen molar-refractivity contribution < 1.29 is 4.42 Å². The van der Waals surface area contributed by atoms with Gasteiger partial charge in [-0.25, -0.2) is 9.98 Å². The Labute approximate surface area is 135 Å². The fourth-order valence-electron chi connectivity index (χ4n) is 2.54. The van der Waals surface area contributed by atoms with Crippen LogP contribution in [-0.4, -0.2) is 27.2 Å². The van der Waals surface area contributed by atoms with Crippen molar-refractivity contribution in [2.75, 3.05) is 6.54 Å². The Hall–Kier alpha value is -2.63. The molecule has 0 saturated carbocycles. The summed E-state index contributed by atoms with van der Waals surface area (Å²) in [5.74, 6) is 1.44. The maximum atomic E-state index is 6.00. The number of rotatable bonds is 4. The highest BCUT2D eigenvalue weighted by Gasteiger charge is 2.22. The van der Waals surface area contributed by atoms with E-state index in [0.717, 1.165) is 17.1 Å². The molecule has 0 radical (unpaired) electrons. The SMILES string of the molecule is CC1=C(c2ncco2)N=C(N)CN1Cc1cccc(C(C)C)n1. The number of hydrogen-bond donors (Lipinski definition) is 1. The summed E-state index contributed by atoms with van der Waals surface area (Å²) >= 11 is 0. The molecule has 1 aliphatic rings. The number of aromatic nitrogens is 2. The van der Waals surface area contributed by atoms with Crippen molar-refractivity contribution in [2.45, 2.75) is 33.2 Å². The van der Waals surface area contributed by atoms with Gasteiger partial charge in [0, 0.05) is 11.4 Å². The molecule has 3 rings (SSSR count). The summed E-state index contributed by atoms with van der Waals surface area (Å²) in [5, 5.41) is 0. The number of aliphatic imine (C=N–C) groups is 1. The van der Waals surface area contributed by atoms with Gasteiger partial charge in [0.15, 0.2) is 0 Å². The van der Waals surface area contributed by atoms with Crippen LogP contribution in [0.25, 0.3) is 5.70 Å². The number of nitrogens with zero attached hydrogens (tertiary/aromatic N) is 4. The fraction of sp³-hybridized carbons (Fsp3) is 0.353. The molecule has 0 spiro atoms. The molecule has 0 aliphatic carbocycles. The molecule has 120 valence electrons. The van der Waals surface area contributed by atoms with E-state index in [1.165, 1.54) is 6.26 Å². The van der Waals surface area contributed by atoms with Crippen molar-refractivity contribution >= 4 is 11.5 Å². The van der Waals surface area contributed by atoms with Crippen LogP contribution < -0.4 is 5.73 Å². The van der Waals surface area contributed by atoms with Crippen LogP contribution in [-0.2, 0) is 6.54 Å². The number of pyridine rings is 1. The van der Waals surface area contributed by atoms with Crippen LogP contribution in [0.1, 0.15) is 44.0 Å². The normalized spacial score (nSPS) is 15.3. The van der Waals surface area contributed by atoms with E-state index in [0.29, 0.717) is 36.4 Å². The molecule has 1 aliphatic heterocycles. The van der Waals surface area contributed by atoms with Crippen molar-refractivity contribution in [1.82, 2.24) is 14.9 Å². The van der Waals surface area contributed by atoms with E-state index in [-0.39, 0.29) is 0 Å². The lowest BCUT2D eigenvalue weighted by atomic mass is 10.1. The summed E-state index contributed by atoms with van der Waals surface area (Å²) in [4.78, 5) is 15.4. The molecular formula is C17H21N5O. The number of nitrogens with two attached hydrogens (primary N) is 1. The highest BCUT2D eigenvalue weighted by Crippen LogP contribution is 2.25. The van der Waals surface area contributed by atoms with Gasteiger partial charge < -0.3 is 15.1 Å². The third-order valence-electron chi connectivity index (χ3n) is 3.83. The minimum Gasteiger partial charge on any atom is -0.443 e. The van der Waals surface area contributed by atoms with Gasteiger partial charge in [-0.1, -0.05) is 19.9 Å². The van der Waals surface area contributed by atoms with Crippen LogP contribution >= 0.6 is 0 Å². The zero-order valence-electron chi connectivity index (χ0n) is 13.7. The van der Waals surface area contributed by atoms with Gasteiger partial charge in [-0.15, -0.1) is 0 Å². The van der Waals surface area contributed by atoms with E-state index in [1.54, 1.807) is 6.20 Å². The number of allylic oxidation sites excluding steroid dienone is 1. The molecule has 2 aromatic rings. The average Bonchev–Trinajstić information content (AvgIpc) is 3.05. The molecule has 0 aromatic carbocycles. The predicted octanol–water partition coefficient (Wildman–Crippen LogP) is 2.75. The summed E-state index contributed by atoms with van der Waals surface area (Å²) in [6, 6.07) is 6.14. The zero-order valence-corrected chi connectivity index (χ0v) is 13.7. The van der Waals surface area contributed by atoms with E-state index in [1.807, 2.05) is 19.1 Å². The van der Waals surface area contributed by atoms with Gasteiger partial charge >= 0.3 is 0 Å². The van der Waals surface area contributed by atoms with Crippen LogP contribution in [0.4, 0.5) is 0 Å². The van der Waals surface area contributed by atoms with Crippen LogP contribution in [0.2, 0.25) is 0 Å². The molecule has 23 heavy (non-hydrogen) atoms. The summed E-state index contributed by atoms with van der Waals surface area (Å²) in [5.41, 5.74) is 9.77. The highest BCUT2D eigenvalue weighted by atomic mass is 16.3. The smallest absolute Gasteiger partial charge is 0.246 e. The van der Waals surface area contributed by atoms with Crippen LogP contribution in [0.3, 0.4) is 0 Å². The van der Waals surface area contributed by atoms with Crippen molar-refractivity contribution in [1.29, 1.82) is 0 Å². The Kier molecular flexibility index (Phi) is 4.14. The molecule has 3 heterocycles. The Balaban J connectivity index is 1.88. The molecule has 2 N–H and O–H groups in total. The Bertz CT molecular complexity index is 746. The molecule has 0 atom stereocenters. The largest absolute Gasteiger partial charge is 0.443 e. The van der Waals surface area contributed by atoms with Gasteiger partial charge in [-0.05, 0) is 25.0 Å². The van der Waals surface area contributed by atoms with Crippen molar-refractivity contribution in [3.8, 4) is 0 Å². The van der Waals surface area contributed by atoms with Crippen LogP contribution in [0, 0.1) is 0 Å². The lowest BCUT2D eigenvalue weighted by Gasteiger charge is -2.29. The van der Waals surface area contributed by atoms with Gasteiger partial charge in [0.1, 0.15) is 17.8 Å². The molecule has 6 heteroatoms. The Morgan fingerprint density at radius 1 is 1.35 bits per heavy atom. The van der Waals surface area contributed by atoms with Crippen molar-refractivity contribution in [3.05, 3.63) is 53.6 Å². The van der Waals surface area contributed by atoms with E-state index in [2.05, 4.69) is 34.8 Å². The second-order valence-electron chi connectivity index (χ2n) is 5.94. The molecule has 0 saturated heterocycles. The van der Waals surface area contributed by atoms with E-state index >= 15 is 0 Å². The second kappa shape index (κ2) is 6.24. The van der Waals surface area contributed by atoms with Crippen molar-refractivity contribution in [3.63, 3.8) is 0 Å². The molecule has 0 amide bonds. The monoisotopic (exact) mass is 311 g/mol. The lowest BCUT2D eigenvalue weighted by molar-refractivity contribution is 0.372. The highest BCUT2D eigenvalue weighted by molar-refractivity contribution is 5.90. The molecule has 0 bridgehead atoms. The maximum absolute atomic E-state index is 6.00. The molecule has 0 unspecified atom stereocenters. The predicted molar refractivity (Wildman–Crippen MR) is 89.5 cm³/mol. The maximum Gasteiger partial charge on any atom is 0.246 e. The number of oxazole rings is 1. The van der Waals surface area contributed by atoms with Crippen molar-refractivity contribution in [2.24, 2.45) is 10.7 Å². The lowest BCUT2D eigenvalue weighted by Crippen LogP contribution is -2.36. The van der Waals surface area contributed by atoms with Crippen LogP contribution in [0.5, 0.6) is 0 Å². The average molecular weight is 311 g/mol. The topological polar surface area (TPSA) is 80.5 Å². The first-order valence-corrected chi connectivity index (χ1v) is 7.69. The molecular weight excluding hydrogens is 290 g/mol. The first-order valence-electron chi connectivity index (χ1n) is 7.69. The molecule has 0 fully saturated rings. The first kappa shape index (κ1) is 15.3. The number of amidine groups is 1. The number of hydrogen-bond acceptors (Lipinski definition) is 6. The van der Waals surface area contributed by atoms with Gasteiger partial charge in [-0.3, -0.25) is 4.98 Å². The van der Waals surface area contributed by atoms with Crippen LogP contribution in [0.15, 0.2) is 45.8 Å². The molecule has 6 nitrogen and oxygen atoms in total. The second-order valence-corrected chi connectivity index (χ2v) is 5.94. The summed E-state index contributed by atoms with van der Waals surface area (Å²) in [6.07, 6.45) is 3.14. The van der Waals surface area contributed by atoms with Gasteiger partial charge in [0.25, 0.3) is 0 Å². The van der Waals surface area contributed by atoms with E-state index in [9.17, 15) is 0 Å². The van der Waals surface area contributed by atoms with Gasteiger partial charge in [0.05, 0.1) is 25.0 Å². The quantitative estimate of drug-likeness (QED) is 0.939. The van der Waals surface area contributed by atoms with Gasteiger partial charge in [-0.2, -0.15) is 0 Å². The third kappa shape index (κ3) is 3.26. The standard InChI is InChI=1S/C17H21N5O/c1-11(2)14-6-4-5-13(20-14)9-22-10-15(18)21-16(12(22)3)17-19-7-8-23-17/h4-8,11H,9-10H2,1-3H3,(H2,18,21). The molecule has 2 aromatic heterocycles. The summed E-state index contributed by atoms with van der Waals surface area (Å²) in [6.45, 7) is 7.53. The summed E-state index contributed by atoms with van der Waals surface area (Å²) in [7, 11) is 0. The first-order chi connectivity index (χ1) is 11.0. The minimum atomic E-state index is 0.405. The van der Waals surface area contributed by atoms with E-state index in [4.69, 9.17) is 15.1 Å². The third-order valence-corrected chi connectivity index (χ3v) is 3.83. The minimum absolute atomic E-state index is 0.405. The van der Waals surface area contributed by atoms with E-state index < -0.39 is 0 Å². The summed E-state index contributed by atoms with van der Waals surface area (Å²) < 4.78 is 5.37. The fourth-order valence-corrected chi connectivity index (χ4v) is 2.54. The Morgan fingerprint density at radius 2 is 2.17 bits per heavy atom. The van der Waals surface area contributed by atoms with Gasteiger partial charge in [0.2, 0.25) is 5.89 Å². The zero-order chi connectivity index (χ0) is 16.4.